The van der Waals surface area contributed by atoms with Gasteiger partial charge in [-0.2, -0.15) is 5.26 Å². The fourth-order valence-corrected chi connectivity index (χ4v) is 3.07. The minimum atomic E-state index is -0.300. The first-order valence-electron chi connectivity index (χ1n) is 5.18. The van der Waals surface area contributed by atoms with Crippen LogP contribution in [0, 0.1) is 11.3 Å². The monoisotopic (exact) mass is 297 g/mol. The number of ether oxygens (including phenoxy) is 1. The topological polar surface area (TPSA) is 33.0 Å². The second-order valence-electron chi connectivity index (χ2n) is 3.77. The van der Waals surface area contributed by atoms with Gasteiger partial charge in [-0.15, -0.1) is 11.8 Å². The number of hydrogen-bond acceptors (Lipinski definition) is 3. The predicted molar refractivity (Wildman–Crippen MR) is 68.4 cm³/mol. The van der Waals surface area contributed by atoms with Crippen molar-refractivity contribution >= 4 is 27.7 Å². The molecule has 1 aromatic rings. The zero-order valence-electron chi connectivity index (χ0n) is 8.78. The van der Waals surface area contributed by atoms with E-state index in [2.05, 4.69) is 22.0 Å². The van der Waals surface area contributed by atoms with E-state index in [1.54, 1.807) is 11.8 Å². The van der Waals surface area contributed by atoms with Gasteiger partial charge in [-0.25, -0.2) is 0 Å². The summed E-state index contributed by atoms with van der Waals surface area (Å²) in [6, 6.07) is 10.6. The Morgan fingerprint density at radius 1 is 1.25 bits per heavy atom. The summed E-state index contributed by atoms with van der Waals surface area (Å²) in [5.41, 5.74) is 0. The quantitative estimate of drug-likeness (QED) is 0.836. The zero-order chi connectivity index (χ0) is 11.4. The Kier molecular flexibility index (Phi) is 3.91. The van der Waals surface area contributed by atoms with E-state index in [0.29, 0.717) is 13.2 Å². The number of benzene rings is 1. The number of nitriles is 1. The van der Waals surface area contributed by atoms with E-state index in [0.717, 1.165) is 22.2 Å². The number of nitrogens with zero attached hydrogens (tertiary/aromatic N) is 1. The molecule has 0 amide bonds. The highest BCUT2D eigenvalue weighted by molar-refractivity contribution is 9.10. The van der Waals surface area contributed by atoms with E-state index in [-0.39, 0.29) is 4.75 Å². The molecule has 1 heterocycles. The van der Waals surface area contributed by atoms with Crippen LogP contribution < -0.4 is 0 Å². The Hall–Kier alpha value is -0.500. The van der Waals surface area contributed by atoms with Crippen LogP contribution in [-0.2, 0) is 4.74 Å². The molecule has 16 heavy (non-hydrogen) atoms. The van der Waals surface area contributed by atoms with E-state index >= 15 is 0 Å². The third-order valence-corrected chi connectivity index (χ3v) is 4.56. The average Bonchev–Trinajstić information content (AvgIpc) is 2.33. The largest absolute Gasteiger partial charge is 0.381 e. The standard InChI is InChI=1S/C12H12BrNOS/c13-10-1-3-11(4-2-10)16-12(9-14)5-7-15-8-6-12/h1-4H,5-8H2. The van der Waals surface area contributed by atoms with E-state index in [1.807, 2.05) is 24.3 Å². The number of hydrogen-bond donors (Lipinski definition) is 0. The van der Waals surface area contributed by atoms with Crippen molar-refractivity contribution in [2.45, 2.75) is 22.5 Å². The van der Waals surface area contributed by atoms with Crippen molar-refractivity contribution in [1.29, 1.82) is 5.26 Å². The van der Waals surface area contributed by atoms with E-state index in [9.17, 15) is 5.26 Å². The fraction of sp³-hybridized carbons (Fsp3) is 0.417. The first kappa shape index (κ1) is 12.0. The van der Waals surface area contributed by atoms with E-state index in [1.165, 1.54) is 0 Å². The van der Waals surface area contributed by atoms with Gasteiger partial charge in [-0.3, -0.25) is 0 Å². The molecule has 2 nitrogen and oxygen atoms in total. The molecule has 0 saturated carbocycles. The lowest BCUT2D eigenvalue weighted by Gasteiger charge is -2.29. The highest BCUT2D eigenvalue weighted by Gasteiger charge is 2.33. The third kappa shape index (κ3) is 2.79. The molecular formula is C12H12BrNOS. The van der Waals surface area contributed by atoms with Crippen LogP contribution in [0.15, 0.2) is 33.6 Å². The highest BCUT2D eigenvalue weighted by Crippen LogP contribution is 2.40. The van der Waals surface area contributed by atoms with Gasteiger partial charge in [0.1, 0.15) is 4.75 Å². The predicted octanol–water partition coefficient (Wildman–Crippen LogP) is 3.61. The van der Waals surface area contributed by atoms with Gasteiger partial charge < -0.3 is 4.74 Å². The molecule has 0 aliphatic carbocycles. The molecule has 0 radical (unpaired) electrons. The van der Waals surface area contributed by atoms with Gasteiger partial charge in [-0.1, -0.05) is 15.9 Å². The second-order valence-corrected chi connectivity index (χ2v) is 6.15. The Morgan fingerprint density at radius 3 is 2.44 bits per heavy atom. The zero-order valence-corrected chi connectivity index (χ0v) is 11.2. The highest BCUT2D eigenvalue weighted by atomic mass is 79.9. The lowest BCUT2D eigenvalue weighted by molar-refractivity contribution is 0.0886. The van der Waals surface area contributed by atoms with Gasteiger partial charge in [0.05, 0.1) is 6.07 Å². The Balaban J connectivity index is 2.12. The number of halogens is 1. The van der Waals surface area contributed by atoms with Crippen LogP contribution in [0.2, 0.25) is 0 Å². The van der Waals surface area contributed by atoms with Crippen LogP contribution in [0.5, 0.6) is 0 Å². The van der Waals surface area contributed by atoms with Gasteiger partial charge in [-0.05, 0) is 37.1 Å². The molecule has 1 aliphatic heterocycles. The van der Waals surface area contributed by atoms with Crippen molar-refractivity contribution in [2.75, 3.05) is 13.2 Å². The van der Waals surface area contributed by atoms with Gasteiger partial charge in [0.2, 0.25) is 0 Å². The molecule has 0 atom stereocenters. The van der Waals surface area contributed by atoms with Crippen molar-refractivity contribution in [3.8, 4) is 6.07 Å². The molecule has 0 spiro atoms. The van der Waals surface area contributed by atoms with Crippen LogP contribution >= 0.6 is 27.7 Å². The molecule has 0 N–H and O–H groups in total. The fourth-order valence-electron chi connectivity index (χ4n) is 1.67. The van der Waals surface area contributed by atoms with Gasteiger partial charge >= 0.3 is 0 Å². The smallest absolute Gasteiger partial charge is 0.111 e. The molecule has 84 valence electrons. The molecule has 0 aromatic heterocycles. The van der Waals surface area contributed by atoms with Crippen LogP contribution in [0.25, 0.3) is 0 Å². The van der Waals surface area contributed by atoms with Crippen molar-refractivity contribution < 1.29 is 4.74 Å². The average molecular weight is 298 g/mol. The van der Waals surface area contributed by atoms with Crippen molar-refractivity contribution in [3.05, 3.63) is 28.7 Å². The van der Waals surface area contributed by atoms with Crippen molar-refractivity contribution in [1.82, 2.24) is 0 Å². The second kappa shape index (κ2) is 5.22. The van der Waals surface area contributed by atoms with Crippen LogP contribution in [0.4, 0.5) is 0 Å². The summed E-state index contributed by atoms with van der Waals surface area (Å²) < 4.78 is 6.08. The molecule has 0 unspecified atom stereocenters. The first-order valence-corrected chi connectivity index (χ1v) is 6.79. The SMILES string of the molecule is N#CC1(Sc2ccc(Br)cc2)CCOCC1. The Labute approximate surface area is 108 Å². The number of thioether (sulfide) groups is 1. The molecule has 1 aromatic carbocycles. The molecule has 1 fully saturated rings. The van der Waals surface area contributed by atoms with Crippen LogP contribution in [-0.4, -0.2) is 18.0 Å². The van der Waals surface area contributed by atoms with Gasteiger partial charge in [0, 0.05) is 22.6 Å². The molecule has 1 saturated heterocycles. The van der Waals surface area contributed by atoms with Crippen molar-refractivity contribution in [2.24, 2.45) is 0 Å². The third-order valence-electron chi connectivity index (χ3n) is 2.63. The maximum absolute atomic E-state index is 9.32. The first-order chi connectivity index (χ1) is 7.74. The summed E-state index contributed by atoms with van der Waals surface area (Å²) in [5.74, 6) is 0. The van der Waals surface area contributed by atoms with Gasteiger partial charge in [0.15, 0.2) is 0 Å². The summed E-state index contributed by atoms with van der Waals surface area (Å²) in [6.07, 6.45) is 1.62. The normalized spacial score (nSPS) is 19.0. The van der Waals surface area contributed by atoms with E-state index in [4.69, 9.17) is 4.74 Å². The summed E-state index contributed by atoms with van der Waals surface area (Å²) >= 11 is 5.07. The van der Waals surface area contributed by atoms with Gasteiger partial charge in [0.25, 0.3) is 0 Å². The maximum Gasteiger partial charge on any atom is 0.111 e. The molecule has 1 aliphatic rings. The summed E-state index contributed by atoms with van der Waals surface area (Å²) in [4.78, 5) is 1.15. The summed E-state index contributed by atoms with van der Waals surface area (Å²) in [6.45, 7) is 1.38. The minimum Gasteiger partial charge on any atom is -0.381 e. The summed E-state index contributed by atoms with van der Waals surface area (Å²) in [5, 5.41) is 9.32. The molecule has 0 bridgehead atoms. The molecular weight excluding hydrogens is 286 g/mol. The van der Waals surface area contributed by atoms with Crippen LogP contribution in [0.3, 0.4) is 0 Å². The van der Waals surface area contributed by atoms with E-state index < -0.39 is 0 Å². The minimum absolute atomic E-state index is 0.300. The number of rotatable bonds is 2. The van der Waals surface area contributed by atoms with Crippen molar-refractivity contribution in [3.63, 3.8) is 0 Å². The maximum atomic E-state index is 9.32. The molecule has 2 rings (SSSR count). The van der Waals surface area contributed by atoms with Crippen LogP contribution in [0.1, 0.15) is 12.8 Å². The molecule has 4 heteroatoms. The summed E-state index contributed by atoms with van der Waals surface area (Å²) in [7, 11) is 0. The lowest BCUT2D eigenvalue weighted by Crippen LogP contribution is -2.31. The Bertz CT molecular complexity index is 392. The Morgan fingerprint density at radius 2 is 1.88 bits per heavy atom. The lowest BCUT2D eigenvalue weighted by atomic mass is 10.0.